The predicted octanol–water partition coefficient (Wildman–Crippen LogP) is 4.25. The molecular weight excluding hydrogens is 484 g/mol. The third kappa shape index (κ3) is 8.14. The molecule has 200 valence electrons. The van der Waals surface area contributed by atoms with Crippen LogP contribution in [0.2, 0.25) is 0 Å². The molecule has 1 saturated heterocycles. The predicted molar refractivity (Wildman–Crippen MR) is 136 cm³/mol. The zero-order valence-electron chi connectivity index (χ0n) is 21.2. The number of rotatable bonds is 13. The van der Waals surface area contributed by atoms with Gasteiger partial charge in [0.15, 0.2) is 9.84 Å². The van der Waals surface area contributed by atoms with Gasteiger partial charge in [-0.3, -0.25) is 10.0 Å². The molecule has 0 aromatic heterocycles. The van der Waals surface area contributed by atoms with E-state index in [0.29, 0.717) is 12.2 Å². The molecule has 2 rings (SSSR count). The minimum absolute atomic E-state index is 0.000819. The van der Waals surface area contributed by atoms with Gasteiger partial charge in [0.05, 0.1) is 16.1 Å². The summed E-state index contributed by atoms with van der Waals surface area (Å²) in [6, 6.07) is 4.67. The van der Waals surface area contributed by atoms with Crippen LogP contribution in [0.3, 0.4) is 0 Å². The molecule has 10 heteroatoms. The summed E-state index contributed by atoms with van der Waals surface area (Å²) in [7, 11) is -3.94. The van der Waals surface area contributed by atoms with Crippen molar-refractivity contribution in [2.45, 2.75) is 82.6 Å². The summed E-state index contributed by atoms with van der Waals surface area (Å²) in [4.78, 5) is 26.1. The van der Waals surface area contributed by atoms with E-state index >= 15 is 0 Å². The monoisotopic (exact) mass is 522 g/mol. The van der Waals surface area contributed by atoms with Crippen molar-refractivity contribution in [3.8, 4) is 17.6 Å². The first kappa shape index (κ1) is 29.5. The Morgan fingerprint density at radius 3 is 2.44 bits per heavy atom. The van der Waals surface area contributed by atoms with E-state index in [9.17, 15) is 23.1 Å². The lowest BCUT2D eigenvalue weighted by molar-refractivity contribution is -0.151. The number of hydroxylamine groups is 1. The maximum absolute atomic E-state index is 13.3. The van der Waals surface area contributed by atoms with E-state index in [-0.39, 0.29) is 30.9 Å². The van der Waals surface area contributed by atoms with E-state index in [4.69, 9.17) is 9.94 Å². The van der Waals surface area contributed by atoms with Crippen molar-refractivity contribution in [2.75, 3.05) is 18.9 Å². The Morgan fingerprint density at radius 2 is 1.83 bits per heavy atom. The number of amides is 2. The Labute approximate surface area is 214 Å². The number of carbonyl (C=O) groups excluding carboxylic acids is 1. The zero-order chi connectivity index (χ0) is 26.6. The van der Waals surface area contributed by atoms with Crippen molar-refractivity contribution in [1.29, 1.82) is 0 Å². The number of carbonyl (C=O) groups is 2. The number of carboxylic acid groups (broad SMARTS) is 1. The van der Waals surface area contributed by atoms with Crippen LogP contribution in [0, 0.1) is 17.3 Å². The average molecular weight is 523 g/mol. The highest BCUT2D eigenvalue weighted by Crippen LogP contribution is 2.40. The third-order valence-corrected chi connectivity index (χ3v) is 8.66. The molecule has 1 aromatic carbocycles. The summed E-state index contributed by atoms with van der Waals surface area (Å²) in [5.41, 5.74) is 0.100. The normalized spacial score (nSPS) is 19.8. The molecule has 1 fully saturated rings. The first-order chi connectivity index (χ1) is 17.2. The molecule has 2 amide bonds. The molecule has 0 radical (unpaired) electrons. The number of nitrogens with zero attached hydrogens (tertiary/aromatic N) is 1. The number of hydrogen-bond donors (Lipinski definition) is 3. The number of piperidine rings is 1. The Hall–Kier alpha value is -2.77. The summed E-state index contributed by atoms with van der Waals surface area (Å²) < 4.78 is 31.9. The van der Waals surface area contributed by atoms with Crippen LogP contribution in [0.5, 0.6) is 5.75 Å². The van der Waals surface area contributed by atoms with Crippen LogP contribution in [-0.2, 0) is 14.6 Å². The summed E-state index contributed by atoms with van der Waals surface area (Å²) in [5.74, 6) is 4.16. The number of nitrogens with one attached hydrogen (secondary N) is 1. The lowest BCUT2D eigenvalue weighted by atomic mass is 9.75. The standard InChI is InChI=1S/C26H38N2O7S/c1-3-5-7-8-9-10-11-21-19-26(24(29)30,16-17-28(21)25(31)27-32)20-36(33,34)23-14-12-22(13-15-23)35-18-6-4-2/h12-15,21,32H,3,5,7-11,16-20H2,1-2H3,(H,27,31)(H,29,30). The molecule has 0 bridgehead atoms. The number of urea groups is 1. The number of ether oxygens (including phenoxy) is 1. The zero-order valence-corrected chi connectivity index (χ0v) is 22.0. The second-order valence-corrected chi connectivity index (χ2v) is 11.3. The van der Waals surface area contributed by atoms with Gasteiger partial charge in [-0.2, -0.15) is 0 Å². The minimum Gasteiger partial charge on any atom is -0.481 e. The van der Waals surface area contributed by atoms with Crippen molar-refractivity contribution in [1.82, 2.24) is 10.4 Å². The maximum Gasteiger partial charge on any atom is 0.341 e. The highest BCUT2D eigenvalue weighted by atomic mass is 32.2. The Bertz CT molecular complexity index is 1030. The molecule has 1 heterocycles. The van der Waals surface area contributed by atoms with E-state index in [1.165, 1.54) is 29.2 Å². The van der Waals surface area contributed by atoms with Crippen molar-refractivity contribution < 1.29 is 33.1 Å². The fraction of sp³-hybridized carbons (Fsp3) is 0.615. The number of sulfone groups is 1. The van der Waals surface area contributed by atoms with Crippen LogP contribution in [0.25, 0.3) is 0 Å². The quantitative estimate of drug-likeness (QED) is 0.153. The molecular formula is C26H38N2O7S. The van der Waals surface area contributed by atoms with Gasteiger partial charge >= 0.3 is 12.0 Å². The Kier molecular flexibility index (Phi) is 11.5. The van der Waals surface area contributed by atoms with E-state index in [2.05, 4.69) is 18.8 Å². The third-order valence-electron chi connectivity index (χ3n) is 6.74. The van der Waals surface area contributed by atoms with Gasteiger partial charge in [-0.05, 0) is 50.5 Å². The largest absolute Gasteiger partial charge is 0.481 e. The Morgan fingerprint density at radius 1 is 1.17 bits per heavy atom. The van der Waals surface area contributed by atoms with Crippen molar-refractivity contribution in [3.05, 3.63) is 24.3 Å². The molecule has 9 nitrogen and oxygen atoms in total. The van der Waals surface area contributed by atoms with Crippen LogP contribution in [0.1, 0.15) is 71.6 Å². The molecule has 0 saturated carbocycles. The van der Waals surface area contributed by atoms with Crippen molar-refractivity contribution in [2.24, 2.45) is 5.41 Å². The van der Waals surface area contributed by atoms with Crippen LogP contribution in [0.4, 0.5) is 4.79 Å². The molecule has 3 N–H and O–H groups in total. The van der Waals surface area contributed by atoms with Crippen LogP contribution in [0.15, 0.2) is 29.2 Å². The molecule has 1 aliphatic rings. The summed E-state index contributed by atoms with van der Waals surface area (Å²) in [6.07, 6.45) is 6.71. The SMILES string of the molecule is CC#CCOc1ccc(S(=O)(=O)CC2(C(=O)O)CCN(C(=O)NO)C(CCCCCCCC)C2)cc1. The minimum atomic E-state index is -3.94. The van der Waals surface area contributed by atoms with E-state index in [1.807, 2.05) is 0 Å². The summed E-state index contributed by atoms with van der Waals surface area (Å²) in [6.45, 7) is 4.05. The molecule has 2 atom stereocenters. The topological polar surface area (TPSA) is 133 Å². The van der Waals surface area contributed by atoms with E-state index < -0.39 is 39.0 Å². The first-order valence-corrected chi connectivity index (χ1v) is 14.1. The fourth-order valence-electron chi connectivity index (χ4n) is 4.70. The van der Waals surface area contributed by atoms with Gasteiger partial charge in [0.25, 0.3) is 0 Å². The highest BCUT2D eigenvalue weighted by molar-refractivity contribution is 7.91. The number of hydrogen-bond acceptors (Lipinski definition) is 6. The number of likely N-dealkylation sites (tertiary alicyclic amines) is 1. The van der Waals surface area contributed by atoms with Crippen molar-refractivity contribution in [3.63, 3.8) is 0 Å². The molecule has 1 aliphatic heterocycles. The molecule has 1 aromatic rings. The average Bonchev–Trinajstić information content (AvgIpc) is 2.86. The smallest absolute Gasteiger partial charge is 0.341 e. The molecule has 36 heavy (non-hydrogen) atoms. The van der Waals surface area contributed by atoms with Gasteiger partial charge in [-0.15, -0.1) is 5.92 Å². The number of unbranched alkanes of at least 4 members (excludes halogenated alkanes) is 5. The van der Waals surface area contributed by atoms with Gasteiger partial charge in [-0.25, -0.2) is 18.7 Å². The van der Waals surface area contributed by atoms with E-state index in [0.717, 1.165) is 38.5 Å². The van der Waals surface area contributed by atoms with Gasteiger partial charge in [0.1, 0.15) is 12.4 Å². The van der Waals surface area contributed by atoms with Crippen molar-refractivity contribution >= 4 is 21.8 Å². The molecule has 0 spiro atoms. The van der Waals surface area contributed by atoms with Gasteiger partial charge in [0.2, 0.25) is 0 Å². The summed E-state index contributed by atoms with van der Waals surface area (Å²) in [5, 5.41) is 19.3. The second kappa shape index (κ2) is 14.1. The van der Waals surface area contributed by atoms with Gasteiger partial charge in [-0.1, -0.05) is 51.4 Å². The molecule has 2 unspecified atom stereocenters. The van der Waals surface area contributed by atoms with Crippen LogP contribution >= 0.6 is 0 Å². The molecule has 0 aliphatic carbocycles. The van der Waals surface area contributed by atoms with Gasteiger partial charge < -0.3 is 14.7 Å². The summed E-state index contributed by atoms with van der Waals surface area (Å²) >= 11 is 0. The lowest BCUT2D eigenvalue weighted by Crippen LogP contribution is -2.56. The second-order valence-electron chi connectivity index (χ2n) is 9.31. The Balaban J connectivity index is 2.18. The fourth-order valence-corrected chi connectivity index (χ4v) is 6.53. The van der Waals surface area contributed by atoms with Gasteiger partial charge in [0, 0.05) is 12.6 Å². The van der Waals surface area contributed by atoms with E-state index in [1.54, 1.807) is 12.4 Å². The first-order valence-electron chi connectivity index (χ1n) is 12.5. The number of carboxylic acids is 1. The highest BCUT2D eigenvalue weighted by Gasteiger charge is 2.49. The maximum atomic E-state index is 13.3. The van der Waals surface area contributed by atoms with Crippen LogP contribution < -0.4 is 10.2 Å². The van der Waals surface area contributed by atoms with Crippen LogP contribution in [-0.4, -0.2) is 60.6 Å². The number of benzene rings is 1. The number of aliphatic carboxylic acids is 1. The lowest BCUT2D eigenvalue weighted by Gasteiger charge is -2.44.